The molecule has 2 atom stereocenters. The Morgan fingerprint density at radius 1 is 1.17 bits per heavy atom. The summed E-state index contributed by atoms with van der Waals surface area (Å²) in [6.45, 7) is 3.30. The van der Waals surface area contributed by atoms with Crippen LogP contribution in [0.25, 0.3) is 0 Å². The fraction of sp³-hybridized carbons (Fsp3) is 0.688. The molecule has 1 amide bonds. The number of hydrogen-bond donors (Lipinski definition) is 0. The highest BCUT2D eigenvalue weighted by Crippen LogP contribution is 2.25. The molecule has 7 heteroatoms. The first-order valence-electron chi connectivity index (χ1n) is 8.16. The number of piperidine rings is 1. The zero-order valence-electron chi connectivity index (χ0n) is 13.8. The van der Waals surface area contributed by atoms with Crippen LogP contribution in [-0.4, -0.2) is 72.1 Å². The van der Waals surface area contributed by atoms with Gasteiger partial charge in [-0.1, -0.05) is 0 Å². The van der Waals surface area contributed by atoms with Crippen molar-refractivity contribution in [3.8, 4) is 11.8 Å². The number of likely N-dealkylation sites (tertiary alicyclic amines) is 2. The summed E-state index contributed by atoms with van der Waals surface area (Å²) in [5.74, 6) is 1.16. The number of methoxy groups -OCH3 is 1. The SMILES string of the molecule is COc1nccnc1OC1CCN(C(=O)C2CCCN(C)C2)C1. The predicted molar refractivity (Wildman–Crippen MR) is 84.4 cm³/mol. The van der Waals surface area contributed by atoms with Crippen LogP contribution < -0.4 is 9.47 Å². The van der Waals surface area contributed by atoms with Crippen molar-refractivity contribution in [3.63, 3.8) is 0 Å². The maximum Gasteiger partial charge on any atom is 0.278 e. The third kappa shape index (κ3) is 3.72. The smallest absolute Gasteiger partial charge is 0.278 e. The summed E-state index contributed by atoms with van der Waals surface area (Å²) >= 11 is 0. The first-order chi connectivity index (χ1) is 11.2. The van der Waals surface area contributed by atoms with Crippen LogP contribution >= 0.6 is 0 Å². The maximum atomic E-state index is 12.7. The number of aromatic nitrogens is 2. The number of hydrogen-bond acceptors (Lipinski definition) is 6. The fourth-order valence-corrected chi connectivity index (χ4v) is 3.34. The van der Waals surface area contributed by atoms with Crippen LogP contribution in [0, 0.1) is 5.92 Å². The minimum absolute atomic E-state index is 0.0501. The molecular weight excluding hydrogens is 296 g/mol. The molecule has 3 heterocycles. The van der Waals surface area contributed by atoms with Crippen molar-refractivity contribution >= 4 is 5.91 Å². The molecule has 2 aliphatic rings. The van der Waals surface area contributed by atoms with Crippen molar-refractivity contribution < 1.29 is 14.3 Å². The van der Waals surface area contributed by atoms with Gasteiger partial charge in [0, 0.05) is 31.9 Å². The van der Waals surface area contributed by atoms with Gasteiger partial charge in [0.2, 0.25) is 5.91 Å². The Labute approximate surface area is 136 Å². The Bertz CT molecular complexity index is 554. The Kier molecular flexibility index (Phi) is 4.95. The Morgan fingerprint density at radius 3 is 2.70 bits per heavy atom. The average Bonchev–Trinajstić information content (AvgIpc) is 3.03. The van der Waals surface area contributed by atoms with Crippen LogP contribution in [0.5, 0.6) is 11.8 Å². The predicted octanol–water partition coefficient (Wildman–Crippen LogP) is 0.807. The third-order valence-electron chi connectivity index (χ3n) is 4.54. The molecule has 2 aliphatic heterocycles. The Hall–Kier alpha value is -1.89. The average molecular weight is 320 g/mol. The lowest BCUT2D eigenvalue weighted by Crippen LogP contribution is -2.43. The molecule has 0 aliphatic carbocycles. The summed E-state index contributed by atoms with van der Waals surface area (Å²) < 4.78 is 11.0. The molecule has 1 aromatic heterocycles. The number of carbonyl (C=O) groups is 1. The topological polar surface area (TPSA) is 67.8 Å². The largest absolute Gasteiger partial charge is 0.477 e. The number of amides is 1. The third-order valence-corrected chi connectivity index (χ3v) is 4.54. The molecule has 0 saturated carbocycles. The molecule has 0 bridgehead atoms. The first kappa shape index (κ1) is 16.0. The molecule has 2 saturated heterocycles. The van der Waals surface area contributed by atoms with Crippen molar-refractivity contribution in [2.24, 2.45) is 5.92 Å². The minimum Gasteiger partial charge on any atom is -0.477 e. The lowest BCUT2D eigenvalue weighted by atomic mass is 9.97. The summed E-state index contributed by atoms with van der Waals surface area (Å²) in [7, 11) is 3.62. The molecule has 0 spiro atoms. The molecule has 3 rings (SSSR count). The Morgan fingerprint density at radius 2 is 1.96 bits per heavy atom. The second-order valence-electron chi connectivity index (χ2n) is 6.28. The molecule has 1 aromatic rings. The molecule has 0 radical (unpaired) electrons. The number of nitrogens with zero attached hydrogens (tertiary/aromatic N) is 4. The van der Waals surface area contributed by atoms with E-state index in [9.17, 15) is 4.79 Å². The van der Waals surface area contributed by atoms with Gasteiger partial charge in [-0.05, 0) is 26.4 Å². The van der Waals surface area contributed by atoms with Gasteiger partial charge in [-0.3, -0.25) is 4.79 Å². The molecule has 7 nitrogen and oxygen atoms in total. The van der Waals surface area contributed by atoms with Gasteiger partial charge in [0.25, 0.3) is 11.8 Å². The van der Waals surface area contributed by atoms with Crippen molar-refractivity contribution in [1.29, 1.82) is 0 Å². The van der Waals surface area contributed by atoms with E-state index in [1.54, 1.807) is 19.5 Å². The van der Waals surface area contributed by atoms with Crippen LogP contribution in [0.1, 0.15) is 19.3 Å². The van der Waals surface area contributed by atoms with E-state index in [4.69, 9.17) is 9.47 Å². The van der Waals surface area contributed by atoms with Crippen LogP contribution in [-0.2, 0) is 4.79 Å². The van der Waals surface area contributed by atoms with E-state index in [0.29, 0.717) is 18.3 Å². The van der Waals surface area contributed by atoms with Crippen LogP contribution in [0.15, 0.2) is 12.4 Å². The van der Waals surface area contributed by atoms with Crippen molar-refractivity contribution in [2.75, 3.05) is 40.3 Å². The summed E-state index contributed by atoms with van der Waals surface area (Å²) in [5, 5.41) is 0. The highest BCUT2D eigenvalue weighted by atomic mass is 16.5. The van der Waals surface area contributed by atoms with Gasteiger partial charge in [-0.25, -0.2) is 9.97 Å². The van der Waals surface area contributed by atoms with Crippen molar-refractivity contribution in [2.45, 2.75) is 25.4 Å². The van der Waals surface area contributed by atoms with Gasteiger partial charge >= 0.3 is 0 Å². The van der Waals surface area contributed by atoms with Crippen LogP contribution in [0.2, 0.25) is 0 Å². The van der Waals surface area contributed by atoms with Gasteiger partial charge in [0.1, 0.15) is 6.10 Å². The van der Waals surface area contributed by atoms with Crippen LogP contribution in [0.4, 0.5) is 0 Å². The normalized spacial score (nSPS) is 25.4. The van der Waals surface area contributed by atoms with Crippen molar-refractivity contribution in [3.05, 3.63) is 12.4 Å². The molecule has 2 unspecified atom stereocenters. The molecule has 0 N–H and O–H groups in total. The van der Waals surface area contributed by atoms with E-state index in [0.717, 1.165) is 38.9 Å². The van der Waals surface area contributed by atoms with E-state index in [1.807, 2.05) is 4.90 Å². The number of ether oxygens (including phenoxy) is 2. The van der Waals surface area contributed by atoms with Gasteiger partial charge in [-0.15, -0.1) is 0 Å². The zero-order valence-corrected chi connectivity index (χ0v) is 13.8. The van der Waals surface area contributed by atoms with Gasteiger partial charge in [0.15, 0.2) is 0 Å². The maximum absolute atomic E-state index is 12.7. The summed E-state index contributed by atoms with van der Waals surface area (Å²) in [4.78, 5) is 25.1. The van der Waals surface area contributed by atoms with Crippen molar-refractivity contribution in [1.82, 2.24) is 19.8 Å². The first-order valence-corrected chi connectivity index (χ1v) is 8.16. The zero-order chi connectivity index (χ0) is 16.2. The highest BCUT2D eigenvalue weighted by Gasteiger charge is 2.33. The second kappa shape index (κ2) is 7.12. The quantitative estimate of drug-likeness (QED) is 0.818. The van der Waals surface area contributed by atoms with Gasteiger partial charge in [0.05, 0.1) is 19.6 Å². The molecule has 2 fully saturated rings. The number of carbonyl (C=O) groups excluding carboxylic acids is 1. The molecule has 126 valence electrons. The minimum atomic E-state index is -0.0501. The highest BCUT2D eigenvalue weighted by molar-refractivity contribution is 5.79. The Balaban J connectivity index is 1.57. The summed E-state index contributed by atoms with van der Waals surface area (Å²) in [6, 6.07) is 0. The standard InChI is InChI=1S/C16H24N4O3/c1-19-8-3-4-12(10-19)16(21)20-9-5-13(11-20)23-15-14(22-2)17-6-7-18-15/h6-7,12-13H,3-5,8-11H2,1-2H3. The molecular formula is C16H24N4O3. The van der Waals surface area contributed by atoms with Crippen LogP contribution in [0.3, 0.4) is 0 Å². The van der Waals surface area contributed by atoms with E-state index in [1.165, 1.54) is 0 Å². The van der Waals surface area contributed by atoms with E-state index < -0.39 is 0 Å². The van der Waals surface area contributed by atoms with Gasteiger partial charge < -0.3 is 19.3 Å². The summed E-state index contributed by atoms with van der Waals surface area (Å²) in [5.41, 5.74) is 0. The monoisotopic (exact) mass is 320 g/mol. The van der Waals surface area contributed by atoms with E-state index >= 15 is 0 Å². The van der Waals surface area contributed by atoms with E-state index in [2.05, 4.69) is 21.9 Å². The number of rotatable bonds is 4. The summed E-state index contributed by atoms with van der Waals surface area (Å²) in [6.07, 6.45) is 5.99. The van der Waals surface area contributed by atoms with Gasteiger partial charge in [-0.2, -0.15) is 0 Å². The molecule has 0 aromatic carbocycles. The second-order valence-corrected chi connectivity index (χ2v) is 6.28. The fourth-order valence-electron chi connectivity index (χ4n) is 3.34. The molecule has 23 heavy (non-hydrogen) atoms. The van der Waals surface area contributed by atoms with E-state index in [-0.39, 0.29) is 17.9 Å². The lowest BCUT2D eigenvalue weighted by Gasteiger charge is -2.31. The lowest BCUT2D eigenvalue weighted by molar-refractivity contribution is -0.136.